The summed E-state index contributed by atoms with van der Waals surface area (Å²) in [6, 6.07) is 6.29. The first-order chi connectivity index (χ1) is 13.2. The van der Waals surface area contributed by atoms with Gasteiger partial charge in [-0.25, -0.2) is 9.97 Å². The highest BCUT2D eigenvalue weighted by atomic mass is 16.5. The highest BCUT2D eigenvalue weighted by Gasteiger charge is 2.34. The van der Waals surface area contributed by atoms with Crippen molar-refractivity contribution in [3.8, 4) is 22.9 Å². The largest absolute Gasteiger partial charge is 0.481 e. The summed E-state index contributed by atoms with van der Waals surface area (Å²) in [6.45, 7) is 4.42. The Morgan fingerprint density at radius 3 is 2.52 bits per heavy atom. The van der Waals surface area contributed by atoms with E-state index >= 15 is 0 Å². The van der Waals surface area contributed by atoms with Crippen molar-refractivity contribution in [1.29, 1.82) is 0 Å². The third kappa shape index (κ3) is 3.03. The minimum absolute atomic E-state index is 0.476. The summed E-state index contributed by atoms with van der Waals surface area (Å²) in [6.07, 6.45) is 6.45. The second-order valence-electron chi connectivity index (χ2n) is 7.01. The molecule has 0 saturated heterocycles. The number of hydrogen-bond donors (Lipinski definition) is 0. The lowest BCUT2D eigenvalue weighted by Crippen LogP contribution is -2.13. The van der Waals surface area contributed by atoms with Crippen LogP contribution in [0, 0.1) is 5.92 Å². The molecule has 1 aliphatic rings. The molecule has 0 aromatic carbocycles. The van der Waals surface area contributed by atoms with Gasteiger partial charge in [-0.1, -0.05) is 13.8 Å². The molecule has 0 amide bonds. The zero-order valence-electron chi connectivity index (χ0n) is 16.4. The molecule has 3 heterocycles. The summed E-state index contributed by atoms with van der Waals surface area (Å²) in [4.78, 5) is 14.1. The van der Waals surface area contributed by atoms with Gasteiger partial charge < -0.3 is 14.0 Å². The second kappa shape index (κ2) is 7.18. The first-order valence-electron chi connectivity index (χ1n) is 9.66. The molecule has 0 spiro atoms. The van der Waals surface area contributed by atoms with Gasteiger partial charge in [0.25, 0.3) is 0 Å². The maximum absolute atomic E-state index is 5.53. The third-order valence-electron chi connectivity index (χ3n) is 5.41. The van der Waals surface area contributed by atoms with Gasteiger partial charge in [-0.15, -0.1) is 0 Å². The monoisotopic (exact) mass is 366 g/mol. The maximum Gasteiger partial charge on any atom is 0.224 e. The number of aryl methyl sites for hydroxylation is 1. The van der Waals surface area contributed by atoms with E-state index in [1.54, 1.807) is 14.2 Å². The van der Waals surface area contributed by atoms with Crippen LogP contribution in [0.25, 0.3) is 22.3 Å². The smallest absolute Gasteiger partial charge is 0.224 e. The van der Waals surface area contributed by atoms with Gasteiger partial charge in [-0.2, -0.15) is 4.98 Å². The molecular weight excluding hydrogens is 340 g/mol. The van der Waals surface area contributed by atoms with Crippen molar-refractivity contribution in [2.75, 3.05) is 14.2 Å². The number of imidazole rings is 1. The zero-order chi connectivity index (χ0) is 19.0. The van der Waals surface area contributed by atoms with Crippen LogP contribution in [0.2, 0.25) is 0 Å². The van der Waals surface area contributed by atoms with Crippen LogP contribution in [-0.2, 0) is 6.42 Å². The molecule has 0 radical (unpaired) electrons. The normalized spacial score (nSPS) is 15.1. The van der Waals surface area contributed by atoms with E-state index in [0.717, 1.165) is 46.9 Å². The standard InChI is InChI=1S/C21H26N4O2/c1-5-16(13-7-8-13)25-17(6-2)23-19-14(11-12-22-20(19)25)15-9-10-18(26-3)24-21(15)27-4/h9-13,16H,5-8H2,1-4H3. The van der Waals surface area contributed by atoms with Gasteiger partial charge in [-0.05, 0) is 37.3 Å². The molecule has 1 fully saturated rings. The Morgan fingerprint density at radius 2 is 1.89 bits per heavy atom. The Hall–Kier alpha value is -2.63. The summed E-state index contributed by atoms with van der Waals surface area (Å²) in [5.74, 6) is 2.91. The quantitative estimate of drug-likeness (QED) is 0.619. The highest BCUT2D eigenvalue weighted by Crippen LogP contribution is 2.44. The van der Waals surface area contributed by atoms with Gasteiger partial charge in [-0.3, -0.25) is 0 Å². The summed E-state index contributed by atoms with van der Waals surface area (Å²) in [7, 11) is 3.23. The van der Waals surface area contributed by atoms with Crippen LogP contribution in [0.15, 0.2) is 24.4 Å². The Bertz CT molecular complexity index is 962. The Morgan fingerprint density at radius 1 is 1.07 bits per heavy atom. The molecule has 3 aromatic rings. The molecule has 6 heteroatoms. The predicted octanol–water partition coefficient (Wildman–Crippen LogP) is 4.43. The summed E-state index contributed by atoms with van der Waals surface area (Å²) in [5, 5.41) is 0. The third-order valence-corrected chi connectivity index (χ3v) is 5.41. The van der Waals surface area contributed by atoms with E-state index in [9.17, 15) is 0 Å². The number of hydrogen-bond acceptors (Lipinski definition) is 5. The minimum Gasteiger partial charge on any atom is -0.481 e. The van der Waals surface area contributed by atoms with E-state index in [2.05, 4.69) is 23.4 Å². The number of ether oxygens (including phenoxy) is 2. The van der Waals surface area contributed by atoms with Gasteiger partial charge in [0.15, 0.2) is 5.65 Å². The molecule has 27 heavy (non-hydrogen) atoms. The molecule has 1 unspecified atom stereocenters. The van der Waals surface area contributed by atoms with Crippen LogP contribution in [0.3, 0.4) is 0 Å². The SMILES string of the molecule is CCc1nc2c(-c3ccc(OC)nc3OC)ccnc2n1C(CC)C1CC1. The number of pyridine rings is 2. The van der Waals surface area contributed by atoms with Crippen molar-refractivity contribution in [3.63, 3.8) is 0 Å². The van der Waals surface area contributed by atoms with Gasteiger partial charge in [0.2, 0.25) is 11.8 Å². The summed E-state index contributed by atoms with van der Waals surface area (Å²) < 4.78 is 13.1. The topological polar surface area (TPSA) is 62.1 Å². The molecule has 0 bridgehead atoms. The lowest BCUT2D eigenvalue weighted by Gasteiger charge is -2.19. The molecule has 6 nitrogen and oxygen atoms in total. The Kier molecular flexibility index (Phi) is 4.72. The lowest BCUT2D eigenvalue weighted by molar-refractivity contribution is 0.366. The van der Waals surface area contributed by atoms with Crippen LogP contribution < -0.4 is 9.47 Å². The molecule has 0 N–H and O–H groups in total. The van der Waals surface area contributed by atoms with Crippen molar-refractivity contribution < 1.29 is 9.47 Å². The first-order valence-corrected chi connectivity index (χ1v) is 9.66. The van der Waals surface area contributed by atoms with Crippen LogP contribution in [-0.4, -0.2) is 33.7 Å². The van der Waals surface area contributed by atoms with Gasteiger partial charge in [0.05, 0.1) is 14.2 Å². The lowest BCUT2D eigenvalue weighted by atomic mass is 10.1. The second-order valence-corrected chi connectivity index (χ2v) is 7.01. The van der Waals surface area contributed by atoms with Crippen LogP contribution in [0.5, 0.6) is 11.8 Å². The maximum atomic E-state index is 5.53. The van der Waals surface area contributed by atoms with Crippen molar-refractivity contribution in [3.05, 3.63) is 30.2 Å². The first kappa shape index (κ1) is 17.8. The van der Waals surface area contributed by atoms with Gasteiger partial charge in [0, 0.05) is 35.9 Å². The number of aromatic nitrogens is 4. The minimum atomic E-state index is 0.476. The van der Waals surface area contributed by atoms with Crippen molar-refractivity contribution >= 4 is 11.2 Å². The van der Waals surface area contributed by atoms with E-state index < -0.39 is 0 Å². The van der Waals surface area contributed by atoms with Crippen molar-refractivity contribution in [1.82, 2.24) is 19.5 Å². The van der Waals surface area contributed by atoms with Crippen LogP contribution in [0.4, 0.5) is 0 Å². The zero-order valence-corrected chi connectivity index (χ0v) is 16.4. The van der Waals surface area contributed by atoms with E-state index in [-0.39, 0.29) is 0 Å². The predicted molar refractivity (Wildman–Crippen MR) is 105 cm³/mol. The number of fused-ring (bicyclic) bond motifs is 1. The van der Waals surface area contributed by atoms with Crippen LogP contribution >= 0.6 is 0 Å². The summed E-state index contributed by atoms with van der Waals surface area (Å²) >= 11 is 0. The molecule has 1 saturated carbocycles. The molecule has 3 aromatic heterocycles. The molecule has 1 aliphatic carbocycles. The van der Waals surface area contributed by atoms with Gasteiger partial charge in [0.1, 0.15) is 11.3 Å². The summed E-state index contributed by atoms with van der Waals surface area (Å²) in [5.41, 5.74) is 3.77. The van der Waals surface area contributed by atoms with Crippen molar-refractivity contribution in [2.45, 2.75) is 45.6 Å². The molecule has 142 valence electrons. The average molecular weight is 366 g/mol. The van der Waals surface area contributed by atoms with Gasteiger partial charge >= 0.3 is 0 Å². The molecule has 4 rings (SSSR count). The Labute approximate surface area is 159 Å². The van der Waals surface area contributed by atoms with E-state index in [1.165, 1.54) is 12.8 Å². The highest BCUT2D eigenvalue weighted by molar-refractivity contribution is 5.91. The average Bonchev–Trinajstić information content (AvgIpc) is 3.48. The number of methoxy groups -OCH3 is 2. The fourth-order valence-electron chi connectivity index (χ4n) is 3.96. The van der Waals surface area contributed by atoms with Crippen molar-refractivity contribution in [2.24, 2.45) is 5.92 Å². The van der Waals surface area contributed by atoms with Crippen LogP contribution in [0.1, 0.15) is 45.0 Å². The fourth-order valence-corrected chi connectivity index (χ4v) is 3.96. The van der Waals surface area contributed by atoms with E-state index in [1.807, 2.05) is 24.4 Å². The fraction of sp³-hybridized carbons (Fsp3) is 0.476. The van der Waals surface area contributed by atoms with E-state index in [0.29, 0.717) is 17.8 Å². The number of nitrogens with zero attached hydrogens (tertiary/aromatic N) is 4. The molecule has 0 aliphatic heterocycles. The van der Waals surface area contributed by atoms with E-state index in [4.69, 9.17) is 19.4 Å². The molecule has 1 atom stereocenters. The number of rotatable bonds is 7. The Balaban J connectivity index is 1.92. The molecular formula is C21H26N4O2.